The zero-order chi connectivity index (χ0) is 13.2. The molecular weight excluding hydrogens is 272 g/mol. The lowest BCUT2D eigenvalue weighted by atomic mass is 10.2. The predicted molar refractivity (Wildman–Crippen MR) is 47.1 cm³/mol. The van der Waals surface area contributed by atoms with E-state index in [1.807, 2.05) is 0 Å². The van der Waals surface area contributed by atoms with E-state index in [2.05, 4.69) is 9.72 Å². The van der Waals surface area contributed by atoms with Gasteiger partial charge in [0.05, 0.1) is 16.4 Å². The highest BCUT2D eigenvalue weighted by atomic mass is 35.5. The third kappa shape index (κ3) is 3.41. The molecule has 0 radical (unpaired) electrons. The van der Waals surface area contributed by atoms with Crippen LogP contribution in [0.3, 0.4) is 0 Å². The van der Waals surface area contributed by atoms with Gasteiger partial charge in [0.25, 0.3) is 0 Å². The lowest BCUT2D eigenvalue weighted by molar-refractivity contribution is -0.389. The molecule has 5 nitrogen and oxygen atoms in total. The topological polar surface area (TPSA) is 65.3 Å². The summed E-state index contributed by atoms with van der Waals surface area (Å²) in [5, 5.41) is 10.5. The second kappa shape index (κ2) is 4.70. The average Bonchev–Trinajstić information content (AvgIpc) is 2.12. The monoisotopic (exact) mass is 274 g/mol. The van der Waals surface area contributed by atoms with Crippen LogP contribution in [0.2, 0.25) is 0 Å². The molecule has 0 aliphatic carbocycles. The summed E-state index contributed by atoms with van der Waals surface area (Å²) in [6, 6.07) is 0.564. The number of rotatable bonds is 3. The van der Waals surface area contributed by atoms with Crippen LogP contribution in [0.5, 0.6) is 5.88 Å². The highest BCUT2D eigenvalue weighted by Crippen LogP contribution is 2.34. The summed E-state index contributed by atoms with van der Waals surface area (Å²) in [6.45, 7) is 0. The number of ether oxygens (including phenoxy) is 1. The second-order valence-electron chi connectivity index (χ2n) is 2.70. The molecule has 1 aromatic rings. The number of nitrogens with zero attached hydrogens (tertiary/aromatic N) is 2. The summed E-state index contributed by atoms with van der Waals surface area (Å²) in [4.78, 5) is 12.0. The van der Waals surface area contributed by atoms with E-state index >= 15 is 0 Å². The van der Waals surface area contributed by atoms with Crippen LogP contribution in [0.1, 0.15) is 5.56 Å². The Bertz CT molecular complexity index is 451. The standard InChI is InChI=1S/C7H3ClF4N2O3/c8-2-3-1-4(9)13-6(5(3)14(15)16)17-7(10,11)12/h1H,2H2. The minimum atomic E-state index is -5.21. The first kappa shape index (κ1) is 13.4. The number of aromatic nitrogens is 1. The molecule has 0 spiro atoms. The maximum absolute atomic E-state index is 12.8. The molecule has 0 bridgehead atoms. The Morgan fingerprint density at radius 1 is 1.53 bits per heavy atom. The van der Waals surface area contributed by atoms with Crippen LogP contribution in [-0.4, -0.2) is 16.3 Å². The van der Waals surface area contributed by atoms with Gasteiger partial charge in [-0.1, -0.05) is 0 Å². The largest absolute Gasteiger partial charge is 0.574 e. The predicted octanol–water partition coefficient (Wildman–Crippen LogP) is 2.77. The fourth-order valence-corrected chi connectivity index (χ4v) is 1.21. The van der Waals surface area contributed by atoms with Crippen molar-refractivity contribution in [3.05, 3.63) is 27.7 Å². The van der Waals surface area contributed by atoms with Crippen molar-refractivity contribution in [3.63, 3.8) is 0 Å². The van der Waals surface area contributed by atoms with Crippen molar-refractivity contribution >= 4 is 17.3 Å². The molecule has 0 unspecified atom stereocenters. The first-order valence-electron chi connectivity index (χ1n) is 3.90. The van der Waals surface area contributed by atoms with E-state index in [0.29, 0.717) is 6.07 Å². The van der Waals surface area contributed by atoms with Crippen molar-refractivity contribution < 1.29 is 27.2 Å². The summed E-state index contributed by atoms with van der Waals surface area (Å²) in [7, 11) is 0. The van der Waals surface area contributed by atoms with Crippen LogP contribution in [-0.2, 0) is 5.88 Å². The van der Waals surface area contributed by atoms with Gasteiger partial charge in [-0.25, -0.2) is 0 Å². The summed E-state index contributed by atoms with van der Waals surface area (Å²) >= 11 is 5.26. The number of hydrogen-bond donors (Lipinski definition) is 0. The van der Waals surface area contributed by atoms with Gasteiger partial charge in [0.15, 0.2) is 0 Å². The Balaban J connectivity index is 3.35. The van der Waals surface area contributed by atoms with E-state index in [4.69, 9.17) is 11.6 Å². The number of halogens is 5. The fraction of sp³-hybridized carbons (Fsp3) is 0.286. The maximum Gasteiger partial charge on any atom is 0.574 e. The van der Waals surface area contributed by atoms with Crippen molar-refractivity contribution in [3.8, 4) is 5.88 Å². The lowest BCUT2D eigenvalue weighted by Crippen LogP contribution is -2.19. The lowest BCUT2D eigenvalue weighted by Gasteiger charge is -2.09. The molecule has 0 aliphatic heterocycles. The van der Waals surface area contributed by atoms with Gasteiger partial charge in [-0.3, -0.25) is 10.1 Å². The van der Waals surface area contributed by atoms with Crippen LogP contribution >= 0.6 is 11.6 Å². The third-order valence-electron chi connectivity index (χ3n) is 1.55. The molecule has 0 saturated heterocycles. The Kier molecular flexibility index (Phi) is 3.71. The zero-order valence-electron chi connectivity index (χ0n) is 7.79. The fourth-order valence-electron chi connectivity index (χ4n) is 1.01. The molecule has 0 aromatic carbocycles. The third-order valence-corrected chi connectivity index (χ3v) is 1.84. The van der Waals surface area contributed by atoms with Crippen LogP contribution in [0.25, 0.3) is 0 Å². The molecule has 0 saturated carbocycles. The Morgan fingerprint density at radius 2 is 2.12 bits per heavy atom. The summed E-state index contributed by atoms with van der Waals surface area (Å²) in [6.07, 6.45) is -5.21. The molecule has 0 aliphatic rings. The molecule has 1 aromatic heterocycles. The van der Waals surface area contributed by atoms with E-state index in [1.54, 1.807) is 0 Å². The van der Waals surface area contributed by atoms with Crippen molar-refractivity contribution in [1.29, 1.82) is 0 Å². The SMILES string of the molecule is O=[N+]([O-])c1c(CCl)cc(F)nc1OC(F)(F)F. The number of hydrogen-bond acceptors (Lipinski definition) is 4. The maximum atomic E-state index is 12.8. The minimum Gasteiger partial charge on any atom is -0.380 e. The summed E-state index contributed by atoms with van der Waals surface area (Å²) < 4.78 is 51.8. The number of alkyl halides is 4. The Labute approximate surface area is 96.1 Å². The van der Waals surface area contributed by atoms with Gasteiger partial charge in [-0.2, -0.15) is 9.37 Å². The van der Waals surface area contributed by atoms with Crippen LogP contribution in [0.15, 0.2) is 6.07 Å². The van der Waals surface area contributed by atoms with Gasteiger partial charge in [0.2, 0.25) is 5.95 Å². The highest BCUT2D eigenvalue weighted by Gasteiger charge is 2.37. The van der Waals surface area contributed by atoms with E-state index in [9.17, 15) is 27.7 Å². The molecule has 0 atom stereocenters. The van der Waals surface area contributed by atoms with Crippen LogP contribution in [0, 0.1) is 16.1 Å². The molecule has 17 heavy (non-hydrogen) atoms. The second-order valence-corrected chi connectivity index (χ2v) is 2.96. The van der Waals surface area contributed by atoms with Crippen molar-refractivity contribution in [2.24, 2.45) is 0 Å². The normalized spacial score (nSPS) is 11.4. The molecule has 1 rings (SSSR count). The first-order valence-corrected chi connectivity index (χ1v) is 4.43. The minimum absolute atomic E-state index is 0.455. The van der Waals surface area contributed by atoms with Gasteiger partial charge >= 0.3 is 17.9 Å². The molecule has 0 amide bonds. The van der Waals surface area contributed by atoms with Gasteiger partial charge in [-0.05, 0) is 0 Å². The van der Waals surface area contributed by atoms with Crippen molar-refractivity contribution in [2.75, 3.05) is 0 Å². The number of pyridine rings is 1. The zero-order valence-corrected chi connectivity index (χ0v) is 8.55. The van der Waals surface area contributed by atoms with E-state index in [1.165, 1.54) is 0 Å². The van der Waals surface area contributed by atoms with E-state index in [-0.39, 0.29) is 0 Å². The molecular formula is C7H3ClF4N2O3. The van der Waals surface area contributed by atoms with Gasteiger partial charge in [0.1, 0.15) is 0 Å². The van der Waals surface area contributed by atoms with Crippen molar-refractivity contribution in [2.45, 2.75) is 12.2 Å². The Morgan fingerprint density at radius 3 is 2.53 bits per heavy atom. The van der Waals surface area contributed by atoms with Gasteiger partial charge in [-0.15, -0.1) is 24.8 Å². The molecule has 0 N–H and O–H groups in total. The van der Waals surface area contributed by atoms with Gasteiger partial charge in [0, 0.05) is 6.07 Å². The van der Waals surface area contributed by atoms with Crippen LogP contribution in [0.4, 0.5) is 23.2 Å². The molecule has 0 fully saturated rings. The average molecular weight is 275 g/mol. The smallest absolute Gasteiger partial charge is 0.380 e. The van der Waals surface area contributed by atoms with E-state index < -0.39 is 40.2 Å². The number of nitro groups is 1. The first-order chi connectivity index (χ1) is 7.74. The quantitative estimate of drug-likeness (QED) is 0.279. The summed E-state index contributed by atoms with van der Waals surface area (Å²) in [5.41, 5.74) is -1.57. The molecule has 10 heteroatoms. The van der Waals surface area contributed by atoms with Crippen molar-refractivity contribution in [1.82, 2.24) is 4.98 Å². The molecule has 1 heterocycles. The van der Waals surface area contributed by atoms with Gasteiger partial charge < -0.3 is 4.74 Å². The Hall–Kier alpha value is -1.64. The summed E-state index contributed by atoms with van der Waals surface area (Å²) in [5.74, 6) is -3.38. The van der Waals surface area contributed by atoms with Crippen LogP contribution < -0.4 is 4.74 Å². The van der Waals surface area contributed by atoms with E-state index in [0.717, 1.165) is 0 Å². The molecule has 94 valence electrons. The highest BCUT2D eigenvalue weighted by molar-refractivity contribution is 6.17.